The van der Waals surface area contributed by atoms with Crippen LogP contribution in [0.5, 0.6) is 5.75 Å². The van der Waals surface area contributed by atoms with Crippen LogP contribution in [0.2, 0.25) is 0 Å². The van der Waals surface area contributed by atoms with Crippen molar-refractivity contribution in [3.05, 3.63) is 86.6 Å². The largest absolute Gasteiger partial charge is 0.508 e. The number of hydrogen-bond donors (Lipinski definition) is 3. The highest BCUT2D eigenvalue weighted by Gasteiger charge is 2.17. The van der Waals surface area contributed by atoms with Crippen LogP contribution in [-0.2, 0) is 20.0 Å². The zero-order valence-electron chi connectivity index (χ0n) is 17.2. The Balaban J connectivity index is 1.74. The third kappa shape index (κ3) is 4.11. The Bertz CT molecular complexity index is 1360. The first-order valence-electron chi connectivity index (χ1n) is 9.77. The number of aromatic amines is 1. The van der Waals surface area contributed by atoms with Gasteiger partial charge in [0.2, 0.25) is 5.95 Å². The van der Waals surface area contributed by atoms with Crippen LogP contribution in [0.15, 0.2) is 69.3 Å². The summed E-state index contributed by atoms with van der Waals surface area (Å²) in [6.07, 6.45) is 0.671. The number of anilines is 1. The van der Waals surface area contributed by atoms with E-state index in [4.69, 9.17) is 0 Å². The van der Waals surface area contributed by atoms with Crippen molar-refractivity contribution in [2.75, 3.05) is 5.43 Å². The van der Waals surface area contributed by atoms with Gasteiger partial charge in [0.15, 0.2) is 11.2 Å². The van der Waals surface area contributed by atoms with Crippen molar-refractivity contribution in [3.63, 3.8) is 0 Å². The lowest BCUT2D eigenvalue weighted by atomic mass is 10.1. The van der Waals surface area contributed by atoms with Gasteiger partial charge in [-0.05, 0) is 48.7 Å². The highest BCUT2D eigenvalue weighted by atomic mass is 16.3. The molecular weight excluding hydrogens is 396 g/mol. The number of fused-ring (bicyclic) bond motifs is 1. The number of rotatable bonds is 6. The SMILES string of the molecule is C/C(=N\Nc1nc2c(c(=O)[nH]c(=O)n2C)n1CCc1ccccc1)c1ccc(O)cc1. The molecule has 9 heteroatoms. The number of hydrazone groups is 1. The molecule has 0 saturated heterocycles. The van der Waals surface area contributed by atoms with Gasteiger partial charge >= 0.3 is 5.69 Å². The normalized spacial score (nSPS) is 11.7. The molecule has 0 aliphatic carbocycles. The summed E-state index contributed by atoms with van der Waals surface area (Å²) in [5.74, 6) is 0.531. The third-order valence-electron chi connectivity index (χ3n) is 5.08. The topological polar surface area (TPSA) is 117 Å². The predicted octanol–water partition coefficient (Wildman–Crippen LogP) is 2.21. The molecule has 9 nitrogen and oxygen atoms in total. The van der Waals surface area contributed by atoms with Crippen LogP contribution in [0.3, 0.4) is 0 Å². The molecule has 0 radical (unpaired) electrons. The number of phenolic OH excluding ortho intramolecular Hbond substituents is 1. The molecule has 2 heterocycles. The zero-order valence-corrected chi connectivity index (χ0v) is 17.2. The van der Waals surface area contributed by atoms with Crippen LogP contribution >= 0.6 is 0 Å². The Labute approximate surface area is 177 Å². The summed E-state index contributed by atoms with van der Waals surface area (Å²) in [6.45, 7) is 2.29. The Morgan fingerprint density at radius 2 is 1.84 bits per heavy atom. The fraction of sp³-hybridized carbons (Fsp3) is 0.182. The number of H-pyrrole nitrogens is 1. The number of nitrogens with zero attached hydrogens (tertiary/aromatic N) is 4. The van der Waals surface area contributed by atoms with Crippen molar-refractivity contribution >= 4 is 22.8 Å². The van der Waals surface area contributed by atoms with Gasteiger partial charge in [-0.3, -0.25) is 14.3 Å². The summed E-state index contributed by atoms with van der Waals surface area (Å²) in [6, 6.07) is 16.6. The van der Waals surface area contributed by atoms with E-state index in [2.05, 4.69) is 20.5 Å². The second-order valence-corrected chi connectivity index (χ2v) is 7.17. The number of phenols is 1. The summed E-state index contributed by atoms with van der Waals surface area (Å²) in [4.78, 5) is 31.4. The Morgan fingerprint density at radius 1 is 1.13 bits per heavy atom. The molecule has 0 aliphatic heterocycles. The Kier molecular flexibility index (Phi) is 5.40. The Hall–Kier alpha value is -4.14. The summed E-state index contributed by atoms with van der Waals surface area (Å²) in [5.41, 5.74) is 5.10. The molecule has 0 saturated carbocycles. The van der Waals surface area contributed by atoms with Gasteiger partial charge in [0, 0.05) is 13.6 Å². The van der Waals surface area contributed by atoms with Crippen molar-refractivity contribution in [2.45, 2.75) is 19.9 Å². The molecule has 0 bridgehead atoms. The maximum absolute atomic E-state index is 12.6. The highest BCUT2D eigenvalue weighted by Crippen LogP contribution is 2.17. The van der Waals surface area contributed by atoms with Crippen LogP contribution in [0.4, 0.5) is 5.95 Å². The van der Waals surface area contributed by atoms with Crippen LogP contribution in [0.25, 0.3) is 11.2 Å². The van der Waals surface area contributed by atoms with E-state index >= 15 is 0 Å². The average Bonchev–Trinajstić information content (AvgIpc) is 3.15. The molecule has 0 spiro atoms. The fourth-order valence-corrected chi connectivity index (χ4v) is 3.32. The molecule has 158 valence electrons. The molecule has 4 aromatic rings. The standard InChI is InChI=1S/C22H22N6O3/c1-14(16-8-10-17(29)11-9-16)25-26-21-23-19-18(20(30)24-22(31)27(19)2)28(21)13-12-15-6-4-3-5-7-15/h3-11,29H,12-13H2,1-2H3,(H,23,26)(H,24,30,31)/b25-14+. The van der Waals surface area contributed by atoms with Gasteiger partial charge in [0.1, 0.15) is 5.75 Å². The molecule has 0 aliphatic rings. The van der Waals surface area contributed by atoms with Gasteiger partial charge in [0.25, 0.3) is 5.56 Å². The van der Waals surface area contributed by atoms with Gasteiger partial charge in [-0.25, -0.2) is 10.2 Å². The summed E-state index contributed by atoms with van der Waals surface area (Å²) in [5, 5.41) is 13.9. The van der Waals surface area contributed by atoms with Gasteiger partial charge in [-0.15, -0.1) is 0 Å². The lowest BCUT2D eigenvalue weighted by Gasteiger charge is -2.09. The van der Waals surface area contributed by atoms with Gasteiger partial charge in [0.05, 0.1) is 5.71 Å². The number of imidazole rings is 1. The van der Waals surface area contributed by atoms with Gasteiger partial charge in [-0.1, -0.05) is 30.3 Å². The lowest BCUT2D eigenvalue weighted by molar-refractivity contribution is 0.475. The number of benzene rings is 2. The first-order chi connectivity index (χ1) is 14.9. The van der Waals surface area contributed by atoms with Crippen LogP contribution < -0.4 is 16.7 Å². The Morgan fingerprint density at radius 3 is 2.55 bits per heavy atom. The molecule has 0 amide bonds. The van der Waals surface area contributed by atoms with Crippen molar-refractivity contribution in [3.8, 4) is 5.75 Å². The van der Waals surface area contributed by atoms with Crippen molar-refractivity contribution in [1.29, 1.82) is 0 Å². The monoisotopic (exact) mass is 418 g/mol. The maximum Gasteiger partial charge on any atom is 0.329 e. The third-order valence-corrected chi connectivity index (χ3v) is 5.08. The van der Waals surface area contributed by atoms with E-state index in [1.165, 1.54) is 4.57 Å². The van der Waals surface area contributed by atoms with E-state index in [0.717, 1.165) is 11.1 Å². The van der Waals surface area contributed by atoms with Gasteiger partial charge in [-0.2, -0.15) is 10.1 Å². The minimum atomic E-state index is -0.527. The molecule has 4 rings (SSSR count). The van der Waals surface area contributed by atoms with E-state index in [1.54, 1.807) is 35.9 Å². The maximum atomic E-state index is 12.6. The number of aromatic nitrogens is 4. The van der Waals surface area contributed by atoms with Crippen LogP contribution in [-0.4, -0.2) is 29.9 Å². The molecule has 3 N–H and O–H groups in total. The fourth-order valence-electron chi connectivity index (χ4n) is 3.32. The van der Waals surface area contributed by atoms with E-state index in [1.807, 2.05) is 37.3 Å². The van der Waals surface area contributed by atoms with Gasteiger partial charge < -0.3 is 9.67 Å². The predicted molar refractivity (Wildman–Crippen MR) is 120 cm³/mol. The summed E-state index contributed by atoms with van der Waals surface area (Å²) < 4.78 is 3.03. The van der Waals surface area contributed by atoms with E-state index in [0.29, 0.717) is 30.1 Å². The lowest BCUT2D eigenvalue weighted by Crippen LogP contribution is -2.29. The molecule has 0 unspecified atom stereocenters. The second-order valence-electron chi connectivity index (χ2n) is 7.17. The average molecular weight is 418 g/mol. The van der Waals surface area contributed by atoms with Crippen molar-refractivity contribution in [1.82, 2.24) is 19.1 Å². The van der Waals surface area contributed by atoms with Crippen LogP contribution in [0.1, 0.15) is 18.1 Å². The molecule has 2 aromatic carbocycles. The van der Waals surface area contributed by atoms with Crippen molar-refractivity contribution < 1.29 is 5.11 Å². The highest BCUT2D eigenvalue weighted by molar-refractivity contribution is 5.99. The quantitative estimate of drug-likeness (QED) is 0.328. The number of nitrogens with one attached hydrogen (secondary N) is 2. The van der Waals surface area contributed by atoms with Crippen molar-refractivity contribution in [2.24, 2.45) is 12.1 Å². The summed E-state index contributed by atoms with van der Waals surface area (Å²) >= 11 is 0. The summed E-state index contributed by atoms with van der Waals surface area (Å²) in [7, 11) is 1.56. The first-order valence-corrected chi connectivity index (χ1v) is 9.77. The van der Waals surface area contributed by atoms with E-state index in [9.17, 15) is 14.7 Å². The second kappa shape index (κ2) is 8.31. The molecular formula is C22H22N6O3. The molecule has 2 aromatic heterocycles. The molecule has 31 heavy (non-hydrogen) atoms. The number of hydrogen-bond acceptors (Lipinski definition) is 6. The van der Waals surface area contributed by atoms with E-state index < -0.39 is 11.2 Å². The van der Waals surface area contributed by atoms with E-state index in [-0.39, 0.29) is 11.4 Å². The smallest absolute Gasteiger partial charge is 0.329 e. The molecule has 0 fully saturated rings. The first kappa shape index (κ1) is 20.1. The minimum Gasteiger partial charge on any atom is -0.508 e. The minimum absolute atomic E-state index is 0.173. The molecule has 0 atom stereocenters. The number of aromatic hydroxyl groups is 1. The number of aryl methyl sites for hydroxylation is 3. The van der Waals surface area contributed by atoms with Crippen LogP contribution in [0, 0.1) is 0 Å². The zero-order chi connectivity index (χ0) is 22.0.